The molecule has 4 nitrogen and oxygen atoms in total. The average molecular weight is 194 g/mol. The van der Waals surface area contributed by atoms with E-state index in [1.165, 1.54) is 0 Å². The summed E-state index contributed by atoms with van der Waals surface area (Å²) >= 11 is 0. The van der Waals surface area contributed by atoms with Gasteiger partial charge in [0.1, 0.15) is 26.4 Å². The monoisotopic (exact) mass is 194 g/mol. The molecule has 0 fully saturated rings. The Labute approximate surface area is 81.3 Å². The van der Waals surface area contributed by atoms with E-state index in [1.807, 2.05) is 12.1 Å². The summed E-state index contributed by atoms with van der Waals surface area (Å²) in [7, 11) is 0. The lowest BCUT2D eigenvalue weighted by atomic mass is 10.2. The summed E-state index contributed by atoms with van der Waals surface area (Å²) in [4.78, 5) is 0. The molecule has 1 aromatic rings. The highest BCUT2D eigenvalue weighted by atomic mass is 16.6. The van der Waals surface area contributed by atoms with Crippen molar-refractivity contribution in [3.05, 3.63) is 12.1 Å². The molecule has 0 radical (unpaired) electrons. The normalized spacial score (nSPS) is 17.7. The highest BCUT2D eigenvalue weighted by molar-refractivity contribution is 5.59. The maximum Gasteiger partial charge on any atom is 0.207 e. The molecule has 0 saturated heterocycles. The summed E-state index contributed by atoms with van der Waals surface area (Å²) in [6.45, 7) is 2.30. The summed E-state index contributed by atoms with van der Waals surface area (Å²) in [6.07, 6.45) is 0. The zero-order valence-electron chi connectivity index (χ0n) is 7.62. The van der Waals surface area contributed by atoms with Gasteiger partial charge in [0.25, 0.3) is 0 Å². The summed E-state index contributed by atoms with van der Waals surface area (Å²) in [5, 5.41) is 0. The Morgan fingerprint density at radius 3 is 1.57 bits per heavy atom. The number of ether oxygens (including phenoxy) is 4. The van der Waals surface area contributed by atoms with Crippen LogP contribution < -0.4 is 18.9 Å². The van der Waals surface area contributed by atoms with Crippen LogP contribution in [-0.2, 0) is 0 Å². The van der Waals surface area contributed by atoms with Crippen LogP contribution in [0.1, 0.15) is 0 Å². The Kier molecular flexibility index (Phi) is 1.65. The highest BCUT2D eigenvalue weighted by Gasteiger charge is 2.23. The molecule has 0 aromatic heterocycles. The number of hydrogen-bond donors (Lipinski definition) is 0. The van der Waals surface area contributed by atoms with Gasteiger partial charge < -0.3 is 18.9 Å². The van der Waals surface area contributed by atoms with Crippen LogP contribution >= 0.6 is 0 Å². The molecule has 0 saturated carbocycles. The minimum Gasteiger partial charge on any atom is -0.486 e. The molecule has 2 aliphatic heterocycles. The molecule has 0 atom stereocenters. The van der Waals surface area contributed by atoms with Crippen LogP contribution in [0, 0.1) is 0 Å². The van der Waals surface area contributed by atoms with Gasteiger partial charge in [-0.1, -0.05) is 0 Å². The van der Waals surface area contributed by atoms with Gasteiger partial charge in [-0.2, -0.15) is 0 Å². The van der Waals surface area contributed by atoms with E-state index in [0.717, 1.165) is 11.5 Å². The summed E-state index contributed by atoms with van der Waals surface area (Å²) in [5.74, 6) is 2.82. The summed E-state index contributed by atoms with van der Waals surface area (Å²) in [5.41, 5.74) is 0. The minimum atomic E-state index is 0.562. The predicted octanol–water partition coefficient (Wildman–Crippen LogP) is 1.23. The van der Waals surface area contributed by atoms with E-state index in [0.29, 0.717) is 37.9 Å². The summed E-state index contributed by atoms with van der Waals surface area (Å²) in [6, 6.07) is 3.70. The molecule has 74 valence electrons. The summed E-state index contributed by atoms with van der Waals surface area (Å²) < 4.78 is 21.8. The Bertz CT molecular complexity index is 326. The van der Waals surface area contributed by atoms with Crippen molar-refractivity contribution in [3.63, 3.8) is 0 Å². The Hall–Kier alpha value is -1.58. The Balaban J connectivity index is 2.12. The van der Waals surface area contributed by atoms with Crippen molar-refractivity contribution in [2.45, 2.75) is 0 Å². The SMILES string of the molecule is c1cc2c(c3c1OCCO3)OCCO2. The van der Waals surface area contributed by atoms with Crippen molar-refractivity contribution >= 4 is 0 Å². The molecule has 4 heteroatoms. The third-order valence-electron chi connectivity index (χ3n) is 2.21. The van der Waals surface area contributed by atoms with Crippen LogP contribution in [-0.4, -0.2) is 26.4 Å². The van der Waals surface area contributed by atoms with Crippen molar-refractivity contribution in [1.29, 1.82) is 0 Å². The fourth-order valence-electron chi connectivity index (χ4n) is 1.62. The molecule has 0 aliphatic carbocycles. The molecular weight excluding hydrogens is 184 g/mol. The van der Waals surface area contributed by atoms with Gasteiger partial charge in [-0.15, -0.1) is 0 Å². The van der Waals surface area contributed by atoms with Crippen molar-refractivity contribution in [2.24, 2.45) is 0 Å². The molecular formula is C10H10O4. The number of fused-ring (bicyclic) bond motifs is 3. The fourth-order valence-corrected chi connectivity index (χ4v) is 1.62. The lowest BCUT2D eigenvalue weighted by molar-refractivity contribution is 0.135. The van der Waals surface area contributed by atoms with Crippen LogP contribution in [0.3, 0.4) is 0 Å². The van der Waals surface area contributed by atoms with E-state index in [-0.39, 0.29) is 0 Å². The first-order valence-corrected chi connectivity index (χ1v) is 4.63. The molecule has 14 heavy (non-hydrogen) atoms. The van der Waals surface area contributed by atoms with Crippen LogP contribution in [0.25, 0.3) is 0 Å². The van der Waals surface area contributed by atoms with Crippen LogP contribution in [0.5, 0.6) is 23.0 Å². The first-order chi connectivity index (χ1) is 6.95. The number of benzene rings is 1. The zero-order valence-corrected chi connectivity index (χ0v) is 7.62. The van der Waals surface area contributed by atoms with Crippen molar-refractivity contribution in [2.75, 3.05) is 26.4 Å². The molecule has 1 aromatic carbocycles. The standard InChI is InChI=1S/C10H10O4/c1-2-8-10(14-6-4-12-8)9-7(1)11-3-5-13-9/h1-2H,3-6H2. The van der Waals surface area contributed by atoms with E-state index in [2.05, 4.69) is 0 Å². The van der Waals surface area contributed by atoms with E-state index in [9.17, 15) is 0 Å². The average Bonchev–Trinajstić information content (AvgIpc) is 2.29. The quantitative estimate of drug-likeness (QED) is 0.622. The third kappa shape index (κ3) is 1.07. The zero-order chi connectivity index (χ0) is 9.38. The first kappa shape index (κ1) is 7.79. The first-order valence-electron chi connectivity index (χ1n) is 4.63. The molecule has 2 heterocycles. The van der Waals surface area contributed by atoms with Crippen LogP contribution in [0.2, 0.25) is 0 Å². The maximum atomic E-state index is 5.49. The molecule has 0 bridgehead atoms. The van der Waals surface area contributed by atoms with E-state index in [1.54, 1.807) is 0 Å². The van der Waals surface area contributed by atoms with Gasteiger partial charge in [0.2, 0.25) is 11.5 Å². The lowest BCUT2D eigenvalue weighted by Gasteiger charge is -2.25. The van der Waals surface area contributed by atoms with Gasteiger partial charge in [0.15, 0.2) is 11.5 Å². The second kappa shape index (κ2) is 2.97. The predicted molar refractivity (Wildman–Crippen MR) is 48.4 cm³/mol. The second-order valence-electron chi connectivity index (χ2n) is 3.11. The molecule has 0 amide bonds. The largest absolute Gasteiger partial charge is 0.486 e. The molecule has 3 rings (SSSR count). The van der Waals surface area contributed by atoms with Crippen LogP contribution in [0.15, 0.2) is 12.1 Å². The third-order valence-corrected chi connectivity index (χ3v) is 2.21. The smallest absolute Gasteiger partial charge is 0.207 e. The maximum absolute atomic E-state index is 5.49. The van der Waals surface area contributed by atoms with Gasteiger partial charge in [-0.3, -0.25) is 0 Å². The molecule has 0 N–H and O–H groups in total. The molecule has 0 unspecified atom stereocenters. The Morgan fingerprint density at radius 1 is 0.643 bits per heavy atom. The highest BCUT2D eigenvalue weighted by Crippen LogP contribution is 2.46. The van der Waals surface area contributed by atoms with Crippen molar-refractivity contribution in [3.8, 4) is 23.0 Å². The van der Waals surface area contributed by atoms with Gasteiger partial charge in [0.05, 0.1) is 0 Å². The van der Waals surface area contributed by atoms with E-state index >= 15 is 0 Å². The van der Waals surface area contributed by atoms with E-state index in [4.69, 9.17) is 18.9 Å². The second-order valence-corrected chi connectivity index (χ2v) is 3.11. The minimum absolute atomic E-state index is 0.562. The lowest BCUT2D eigenvalue weighted by Crippen LogP contribution is -2.20. The van der Waals surface area contributed by atoms with E-state index < -0.39 is 0 Å². The van der Waals surface area contributed by atoms with Gasteiger partial charge in [-0.05, 0) is 12.1 Å². The van der Waals surface area contributed by atoms with Gasteiger partial charge in [0, 0.05) is 0 Å². The molecule has 2 aliphatic rings. The van der Waals surface area contributed by atoms with Crippen molar-refractivity contribution in [1.82, 2.24) is 0 Å². The number of rotatable bonds is 0. The van der Waals surface area contributed by atoms with Crippen LogP contribution in [0.4, 0.5) is 0 Å². The van der Waals surface area contributed by atoms with Gasteiger partial charge in [-0.25, -0.2) is 0 Å². The topological polar surface area (TPSA) is 36.9 Å². The number of hydrogen-bond acceptors (Lipinski definition) is 4. The molecule has 0 spiro atoms. The van der Waals surface area contributed by atoms with Crippen molar-refractivity contribution < 1.29 is 18.9 Å². The van der Waals surface area contributed by atoms with Gasteiger partial charge >= 0.3 is 0 Å². The Morgan fingerprint density at radius 2 is 1.07 bits per heavy atom. The fraction of sp³-hybridized carbons (Fsp3) is 0.400.